The SMILES string of the molecule is Cc1sc2ncnc(N3CCC(C(=O)N4CCCSC4=Nc4ccccc4)CC3)c2c1C. The van der Waals surface area contributed by atoms with Gasteiger partial charge in [-0.3, -0.25) is 9.69 Å². The second-order valence-corrected chi connectivity index (χ2v) is 10.6. The predicted octanol–water partition coefficient (Wildman–Crippen LogP) is 5.18. The number of aryl methyl sites for hydroxylation is 2. The van der Waals surface area contributed by atoms with Gasteiger partial charge in [0.1, 0.15) is 17.0 Å². The fourth-order valence-corrected chi connectivity index (χ4v) is 6.39. The zero-order valence-electron chi connectivity index (χ0n) is 18.5. The van der Waals surface area contributed by atoms with Crippen molar-refractivity contribution in [3.8, 4) is 0 Å². The lowest BCUT2D eigenvalue weighted by Crippen LogP contribution is -2.46. The lowest BCUT2D eigenvalue weighted by Gasteiger charge is -2.36. The van der Waals surface area contributed by atoms with Crippen LogP contribution in [0.3, 0.4) is 0 Å². The molecule has 0 atom stereocenters. The van der Waals surface area contributed by atoms with Crippen molar-refractivity contribution in [2.45, 2.75) is 33.1 Å². The van der Waals surface area contributed by atoms with E-state index in [1.807, 2.05) is 35.2 Å². The Balaban J connectivity index is 1.31. The molecule has 0 bridgehead atoms. The third-order valence-electron chi connectivity index (χ3n) is 6.32. The monoisotopic (exact) mass is 465 g/mol. The Bertz CT molecular complexity index is 1150. The highest BCUT2D eigenvalue weighted by molar-refractivity contribution is 8.13. The second kappa shape index (κ2) is 9.19. The Morgan fingerprint density at radius 3 is 2.66 bits per heavy atom. The van der Waals surface area contributed by atoms with Crippen LogP contribution >= 0.6 is 23.1 Å². The van der Waals surface area contributed by atoms with Crippen molar-refractivity contribution in [1.82, 2.24) is 14.9 Å². The fraction of sp³-hybridized carbons (Fsp3) is 0.417. The molecule has 166 valence electrons. The summed E-state index contributed by atoms with van der Waals surface area (Å²) in [5, 5.41) is 2.02. The highest BCUT2D eigenvalue weighted by atomic mass is 32.2. The third-order valence-corrected chi connectivity index (χ3v) is 8.50. The standard InChI is InChI=1S/C24H27N5OS2/c1-16-17(2)32-22-20(16)21(25-15-26-22)28-12-9-18(10-13-28)23(30)29-11-6-14-31-24(29)27-19-7-4-3-5-8-19/h3-5,7-8,15,18H,6,9-14H2,1-2H3. The van der Waals surface area contributed by atoms with Gasteiger partial charge >= 0.3 is 0 Å². The number of hydrogen-bond donors (Lipinski definition) is 0. The van der Waals surface area contributed by atoms with Gasteiger partial charge in [-0.05, 0) is 50.8 Å². The molecular weight excluding hydrogens is 438 g/mol. The zero-order valence-corrected chi connectivity index (χ0v) is 20.1. The number of aliphatic imine (C=N–C) groups is 1. The molecule has 2 aliphatic heterocycles. The van der Waals surface area contributed by atoms with Crippen LogP contribution in [0.1, 0.15) is 29.7 Å². The van der Waals surface area contributed by atoms with E-state index in [2.05, 4.69) is 28.7 Å². The first kappa shape index (κ1) is 21.4. The van der Waals surface area contributed by atoms with Crippen LogP contribution in [0.5, 0.6) is 0 Å². The summed E-state index contributed by atoms with van der Waals surface area (Å²) in [6.07, 6.45) is 4.36. The highest BCUT2D eigenvalue weighted by Gasteiger charge is 2.33. The van der Waals surface area contributed by atoms with Gasteiger partial charge in [0.2, 0.25) is 5.91 Å². The number of thioether (sulfide) groups is 1. The van der Waals surface area contributed by atoms with Crippen LogP contribution in [0.15, 0.2) is 41.7 Å². The van der Waals surface area contributed by atoms with Crippen LogP contribution in [0.2, 0.25) is 0 Å². The molecular formula is C24H27N5OS2. The lowest BCUT2D eigenvalue weighted by atomic mass is 9.95. The molecule has 1 aromatic carbocycles. The van der Waals surface area contributed by atoms with Crippen molar-refractivity contribution in [3.05, 3.63) is 47.1 Å². The normalized spacial score (nSPS) is 19.1. The number of piperidine rings is 1. The summed E-state index contributed by atoms with van der Waals surface area (Å²) < 4.78 is 0. The molecule has 0 aliphatic carbocycles. The average molecular weight is 466 g/mol. The summed E-state index contributed by atoms with van der Waals surface area (Å²) in [7, 11) is 0. The van der Waals surface area contributed by atoms with Crippen LogP contribution in [-0.4, -0.2) is 51.3 Å². The predicted molar refractivity (Wildman–Crippen MR) is 134 cm³/mol. The molecule has 6 nitrogen and oxygen atoms in total. The van der Waals surface area contributed by atoms with Gasteiger partial charge in [-0.1, -0.05) is 30.0 Å². The fourth-order valence-electron chi connectivity index (χ4n) is 4.43. The van der Waals surface area contributed by atoms with Gasteiger partial charge in [0.05, 0.1) is 11.1 Å². The van der Waals surface area contributed by atoms with E-state index in [4.69, 9.17) is 4.99 Å². The van der Waals surface area contributed by atoms with E-state index in [1.165, 1.54) is 15.8 Å². The van der Waals surface area contributed by atoms with E-state index in [0.29, 0.717) is 0 Å². The molecule has 2 aliphatic rings. The number of benzene rings is 1. The first-order valence-corrected chi connectivity index (χ1v) is 13.0. The summed E-state index contributed by atoms with van der Waals surface area (Å²) in [6.45, 7) is 6.73. The van der Waals surface area contributed by atoms with E-state index in [9.17, 15) is 4.79 Å². The summed E-state index contributed by atoms with van der Waals surface area (Å²) in [4.78, 5) is 33.9. The van der Waals surface area contributed by atoms with E-state index in [0.717, 1.165) is 66.2 Å². The van der Waals surface area contributed by atoms with Crippen molar-refractivity contribution < 1.29 is 4.79 Å². The Hall–Kier alpha value is -2.45. The largest absolute Gasteiger partial charge is 0.356 e. The van der Waals surface area contributed by atoms with E-state index < -0.39 is 0 Å². The molecule has 2 aromatic heterocycles. The quantitative estimate of drug-likeness (QED) is 0.533. The molecule has 32 heavy (non-hydrogen) atoms. The van der Waals surface area contributed by atoms with Gasteiger partial charge < -0.3 is 4.90 Å². The minimum atomic E-state index is 0.0357. The number of thiophene rings is 1. The maximum absolute atomic E-state index is 13.5. The van der Waals surface area contributed by atoms with E-state index >= 15 is 0 Å². The van der Waals surface area contributed by atoms with Crippen molar-refractivity contribution in [2.24, 2.45) is 10.9 Å². The van der Waals surface area contributed by atoms with Crippen LogP contribution in [0.25, 0.3) is 10.2 Å². The van der Waals surface area contributed by atoms with Crippen LogP contribution < -0.4 is 4.90 Å². The van der Waals surface area contributed by atoms with Crippen LogP contribution in [-0.2, 0) is 4.79 Å². The number of fused-ring (bicyclic) bond motifs is 1. The first-order valence-electron chi connectivity index (χ1n) is 11.2. The van der Waals surface area contributed by atoms with E-state index in [-0.39, 0.29) is 11.8 Å². The Morgan fingerprint density at radius 1 is 1.09 bits per heavy atom. The van der Waals surface area contributed by atoms with Gasteiger partial charge in [0, 0.05) is 36.2 Å². The highest BCUT2D eigenvalue weighted by Crippen LogP contribution is 2.36. The maximum Gasteiger partial charge on any atom is 0.231 e. The summed E-state index contributed by atoms with van der Waals surface area (Å²) in [5.74, 6) is 2.29. The molecule has 0 N–H and O–H groups in total. The zero-order chi connectivity index (χ0) is 22.1. The second-order valence-electron chi connectivity index (χ2n) is 8.34. The number of nitrogens with zero attached hydrogens (tertiary/aromatic N) is 5. The van der Waals surface area contributed by atoms with Gasteiger partial charge in [-0.2, -0.15) is 0 Å². The number of amidine groups is 1. The molecule has 8 heteroatoms. The molecule has 5 rings (SSSR count). The molecule has 0 unspecified atom stereocenters. The Kier molecular flexibility index (Phi) is 6.15. The lowest BCUT2D eigenvalue weighted by molar-refractivity contribution is -0.132. The number of hydrogen-bond acceptors (Lipinski definition) is 7. The molecule has 2 fully saturated rings. The number of carbonyl (C=O) groups excluding carboxylic acids is 1. The van der Waals surface area contributed by atoms with Crippen LogP contribution in [0.4, 0.5) is 11.5 Å². The summed E-state index contributed by atoms with van der Waals surface area (Å²) >= 11 is 3.42. The van der Waals surface area contributed by atoms with Crippen molar-refractivity contribution in [3.63, 3.8) is 0 Å². The average Bonchev–Trinajstić information content (AvgIpc) is 3.13. The van der Waals surface area contributed by atoms with Crippen LogP contribution in [0, 0.1) is 19.8 Å². The van der Waals surface area contributed by atoms with E-state index in [1.54, 1.807) is 29.4 Å². The van der Waals surface area contributed by atoms with Crippen molar-refractivity contribution in [1.29, 1.82) is 0 Å². The summed E-state index contributed by atoms with van der Waals surface area (Å²) in [5.41, 5.74) is 2.17. The molecule has 0 spiro atoms. The first-order chi connectivity index (χ1) is 15.6. The molecule has 0 radical (unpaired) electrons. The van der Waals surface area contributed by atoms with Crippen molar-refractivity contribution in [2.75, 3.05) is 30.3 Å². The van der Waals surface area contributed by atoms with Gasteiger partial charge in [0.15, 0.2) is 5.17 Å². The van der Waals surface area contributed by atoms with Crippen molar-refractivity contribution >= 4 is 55.9 Å². The molecule has 4 heterocycles. The number of amides is 1. The minimum absolute atomic E-state index is 0.0357. The number of anilines is 1. The smallest absolute Gasteiger partial charge is 0.231 e. The third kappa shape index (κ3) is 4.13. The van der Waals surface area contributed by atoms with Gasteiger partial charge in [-0.15, -0.1) is 11.3 Å². The number of aromatic nitrogens is 2. The Morgan fingerprint density at radius 2 is 1.88 bits per heavy atom. The maximum atomic E-state index is 13.5. The van der Waals surface area contributed by atoms with Gasteiger partial charge in [-0.25, -0.2) is 15.0 Å². The summed E-state index contributed by atoms with van der Waals surface area (Å²) in [6, 6.07) is 9.92. The number of para-hydroxylation sites is 1. The van der Waals surface area contributed by atoms with Gasteiger partial charge in [0.25, 0.3) is 0 Å². The molecule has 3 aromatic rings. The minimum Gasteiger partial charge on any atom is -0.356 e. The molecule has 2 saturated heterocycles. The number of rotatable bonds is 3. The molecule has 1 amide bonds. The number of carbonyl (C=O) groups is 1. The Labute approximate surface area is 196 Å². The topological polar surface area (TPSA) is 61.7 Å². The molecule has 0 saturated carbocycles.